The minimum atomic E-state index is -0.727. The fourth-order valence-corrected chi connectivity index (χ4v) is 3.48. The largest absolute Gasteiger partial charge is 0.467 e. The first-order valence-corrected chi connectivity index (χ1v) is 11.7. The number of allylic oxidation sites excluding steroid dienone is 5. The molecule has 0 rings (SSSR count). The number of carbonyl (C=O) groups is 2. The topological polar surface area (TPSA) is 64.6 Å². The Morgan fingerprint density at radius 3 is 2.07 bits per heavy atom. The molecule has 1 atom stereocenters. The third-order valence-electron chi connectivity index (χ3n) is 4.13. The summed E-state index contributed by atoms with van der Waals surface area (Å²) in [5.74, 6) is 0.736. The van der Waals surface area contributed by atoms with E-state index in [1.807, 2.05) is 0 Å². The summed E-state index contributed by atoms with van der Waals surface area (Å²) in [4.78, 5) is 23.9. The van der Waals surface area contributed by atoms with Crippen molar-refractivity contribution in [3.8, 4) is 0 Å². The highest BCUT2D eigenvalue weighted by Crippen LogP contribution is 2.13. The number of rotatable bonds is 12. The SMILES string of the molecule is COC(=O)[C@H](CSC/C=C(\C)CC/C=C(\C)CCC=C(C)C)NC(=O)OC(C)(C)C. The van der Waals surface area contributed by atoms with Crippen molar-refractivity contribution < 1.29 is 19.1 Å². The van der Waals surface area contributed by atoms with Crippen LogP contribution in [-0.4, -0.2) is 42.3 Å². The summed E-state index contributed by atoms with van der Waals surface area (Å²) in [6.45, 7) is 13.9. The van der Waals surface area contributed by atoms with Crippen molar-refractivity contribution in [1.29, 1.82) is 0 Å². The standard InChI is InChI=1S/C24H41NO4S/c1-18(2)11-9-12-19(3)13-10-14-20(4)15-16-30-17-21(22(26)28-8)25-23(27)29-24(5,6)7/h11,13,15,21H,9-10,12,14,16-17H2,1-8H3,(H,25,27)/b19-13+,20-15+/t21-/m0/s1. The van der Waals surface area contributed by atoms with Crippen LogP contribution < -0.4 is 5.32 Å². The summed E-state index contributed by atoms with van der Waals surface area (Å²) in [5.41, 5.74) is 3.51. The van der Waals surface area contributed by atoms with Crippen LogP contribution >= 0.6 is 11.8 Å². The fraction of sp³-hybridized carbons (Fsp3) is 0.667. The molecule has 6 heteroatoms. The number of alkyl carbamates (subject to hydrolysis) is 1. The maximum absolute atomic E-state index is 11.9. The first kappa shape index (κ1) is 28.3. The molecular formula is C24H41NO4S. The maximum Gasteiger partial charge on any atom is 0.408 e. The van der Waals surface area contributed by atoms with Crippen molar-refractivity contribution in [2.75, 3.05) is 18.6 Å². The highest BCUT2D eigenvalue weighted by Gasteiger charge is 2.24. The normalized spacial score (nSPS) is 13.5. The zero-order valence-electron chi connectivity index (χ0n) is 20.1. The molecule has 0 aliphatic heterocycles. The second-order valence-electron chi connectivity index (χ2n) is 8.72. The molecule has 0 heterocycles. The Kier molecular flexibility index (Phi) is 14.3. The first-order chi connectivity index (χ1) is 13.9. The zero-order valence-corrected chi connectivity index (χ0v) is 20.9. The molecule has 0 saturated carbocycles. The van der Waals surface area contributed by atoms with Crippen LogP contribution in [0.25, 0.3) is 0 Å². The molecule has 0 aromatic rings. The van der Waals surface area contributed by atoms with Crippen molar-refractivity contribution in [3.63, 3.8) is 0 Å². The molecule has 0 bridgehead atoms. The Morgan fingerprint density at radius 2 is 1.53 bits per heavy atom. The second-order valence-corrected chi connectivity index (χ2v) is 9.79. The van der Waals surface area contributed by atoms with Gasteiger partial charge in [0, 0.05) is 11.5 Å². The van der Waals surface area contributed by atoms with Crippen molar-refractivity contribution in [1.82, 2.24) is 5.32 Å². The van der Waals surface area contributed by atoms with Gasteiger partial charge in [-0.1, -0.05) is 34.9 Å². The van der Waals surface area contributed by atoms with Gasteiger partial charge in [-0.3, -0.25) is 0 Å². The number of esters is 1. The monoisotopic (exact) mass is 439 g/mol. The van der Waals surface area contributed by atoms with Gasteiger partial charge in [-0.25, -0.2) is 9.59 Å². The van der Waals surface area contributed by atoms with E-state index < -0.39 is 23.7 Å². The van der Waals surface area contributed by atoms with E-state index >= 15 is 0 Å². The number of amides is 1. The smallest absolute Gasteiger partial charge is 0.408 e. The molecule has 0 unspecified atom stereocenters. The molecule has 5 nitrogen and oxygen atoms in total. The van der Waals surface area contributed by atoms with E-state index in [1.54, 1.807) is 32.5 Å². The predicted molar refractivity (Wildman–Crippen MR) is 128 cm³/mol. The van der Waals surface area contributed by atoms with Crippen LogP contribution in [0.5, 0.6) is 0 Å². The van der Waals surface area contributed by atoms with Crippen LogP contribution in [0.3, 0.4) is 0 Å². The lowest BCUT2D eigenvalue weighted by Crippen LogP contribution is -2.45. The van der Waals surface area contributed by atoms with Crippen LogP contribution in [0.2, 0.25) is 0 Å². The molecule has 1 amide bonds. The van der Waals surface area contributed by atoms with E-state index in [2.05, 4.69) is 51.2 Å². The molecule has 30 heavy (non-hydrogen) atoms. The number of hydrogen-bond donors (Lipinski definition) is 1. The maximum atomic E-state index is 11.9. The van der Waals surface area contributed by atoms with Crippen molar-refractivity contribution in [2.45, 2.75) is 85.8 Å². The molecular weight excluding hydrogens is 398 g/mol. The van der Waals surface area contributed by atoms with Crippen LogP contribution in [0.15, 0.2) is 34.9 Å². The number of thioether (sulfide) groups is 1. The third kappa shape index (κ3) is 16.1. The summed E-state index contributed by atoms with van der Waals surface area (Å²) in [5, 5.41) is 2.59. The zero-order chi connectivity index (χ0) is 23.2. The van der Waals surface area contributed by atoms with E-state index in [1.165, 1.54) is 23.8 Å². The van der Waals surface area contributed by atoms with Gasteiger partial charge in [0.25, 0.3) is 0 Å². The lowest BCUT2D eigenvalue weighted by atomic mass is 10.1. The molecule has 0 radical (unpaired) electrons. The molecule has 0 aromatic carbocycles. The van der Waals surface area contributed by atoms with Gasteiger partial charge in [0.1, 0.15) is 11.6 Å². The number of nitrogens with one attached hydrogen (secondary N) is 1. The van der Waals surface area contributed by atoms with Crippen molar-refractivity contribution in [2.24, 2.45) is 0 Å². The molecule has 0 spiro atoms. The molecule has 0 fully saturated rings. The van der Waals surface area contributed by atoms with Gasteiger partial charge in [0.05, 0.1) is 7.11 Å². The van der Waals surface area contributed by atoms with Gasteiger partial charge in [0.2, 0.25) is 0 Å². The Morgan fingerprint density at radius 1 is 0.967 bits per heavy atom. The van der Waals surface area contributed by atoms with E-state index in [0.29, 0.717) is 5.75 Å². The molecule has 0 aliphatic rings. The van der Waals surface area contributed by atoms with E-state index in [-0.39, 0.29) is 0 Å². The number of ether oxygens (including phenoxy) is 2. The predicted octanol–water partition coefficient (Wildman–Crippen LogP) is 6.21. The lowest BCUT2D eigenvalue weighted by Gasteiger charge is -2.22. The Labute approximate surface area is 187 Å². The lowest BCUT2D eigenvalue weighted by molar-refractivity contribution is -0.142. The molecule has 0 aliphatic carbocycles. The Bertz CT molecular complexity index is 626. The van der Waals surface area contributed by atoms with E-state index in [0.717, 1.165) is 31.4 Å². The number of methoxy groups -OCH3 is 1. The van der Waals surface area contributed by atoms with E-state index in [9.17, 15) is 9.59 Å². The summed E-state index contributed by atoms with van der Waals surface area (Å²) >= 11 is 1.58. The van der Waals surface area contributed by atoms with Gasteiger partial charge >= 0.3 is 12.1 Å². The average molecular weight is 440 g/mol. The van der Waals surface area contributed by atoms with Crippen LogP contribution in [-0.2, 0) is 14.3 Å². The molecule has 172 valence electrons. The van der Waals surface area contributed by atoms with Crippen LogP contribution in [0.4, 0.5) is 4.79 Å². The quantitative estimate of drug-likeness (QED) is 0.223. The minimum Gasteiger partial charge on any atom is -0.467 e. The summed E-state index contributed by atoms with van der Waals surface area (Å²) in [7, 11) is 1.32. The molecule has 0 saturated heterocycles. The molecule has 1 N–H and O–H groups in total. The summed E-state index contributed by atoms with van der Waals surface area (Å²) in [6.07, 6.45) is 10.4. The Hall–Kier alpha value is -1.69. The van der Waals surface area contributed by atoms with Crippen molar-refractivity contribution >= 4 is 23.8 Å². The van der Waals surface area contributed by atoms with Crippen molar-refractivity contribution in [3.05, 3.63) is 34.9 Å². The minimum absolute atomic E-state index is 0.430. The second kappa shape index (κ2) is 15.2. The van der Waals surface area contributed by atoms with E-state index in [4.69, 9.17) is 9.47 Å². The van der Waals surface area contributed by atoms with Gasteiger partial charge in [-0.15, -0.1) is 0 Å². The molecule has 0 aromatic heterocycles. The highest BCUT2D eigenvalue weighted by atomic mass is 32.2. The van der Waals surface area contributed by atoms with Gasteiger partial charge in [-0.05, 0) is 74.1 Å². The summed E-state index contributed by atoms with van der Waals surface area (Å²) in [6, 6.07) is -0.727. The highest BCUT2D eigenvalue weighted by molar-refractivity contribution is 7.99. The average Bonchev–Trinajstić information content (AvgIpc) is 2.61. The summed E-state index contributed by atoms with van der Waals surface area (Å²) < 4.78 is 10.0. The Balaban J connectivity index is 4.37. The number of carbonyl (C=O) groups excluding carboxylic acids is 2. The van der Waals surface area contributed by atoms with Gasteiger partial charge in [0.15, 0.2) is 0 Å². The first-order valence-electron chi connectivity index (χ1n) is 10.5. The van der Waals surface area contributed by atoms with Crippen LogP contribution in [0, 0.1) is 0 Å². The number of hydrogen-bond acceptors (Lipinski definition) is 5. The fourth-order valence-electron chi connectivity index (χ4n) is 2.49. The third-order valence-corrected chi connectivity index (χ3v) is 5.10. The van der Waals surface area contributed by atoms with Gasteiger partial charge < -0.3 is 14.8 Å². The van der Waals surface area contributed by atoms with Crippen LogP contribution in [0.1, 0.15) is 74.1 Å². The van der Waals surface area contributed by atoms with Gasteiger partial charge in [-0.2, -0.15) is 11.8 Å².